The van der Waals surface area contributed by atoms with Gasteiger partial charge in [0.05, 0.1) is 25.3 Å². The fourth-order valence-corrected chi connectivity index (χ4v) is 3.80. The monoisotopic (exact) mass is 384 g/mol. The number of hydrogen-bond acceptors (Lipinski definition) is 5. The van der Waals surface area contributed by atoms with Gasteiger partial charge in [-0.25, -0.2) is 0 Å². The molecule has 0 bridgehead atoms. The Hall–Kier alpha value is -2.31. The third kappa shape index (κ3) is 4.75. The first-order valence-electron chi connectivity index (χ1n) is 10.1. The number of piperidine rings is 1. The molecule has 150 valence electrons. The van der Waals surface area contributed by atoms with Crippen molar-refractivity contribution >= 4 is 5.91 Å². The Morgan fingerprint density at radius 2 is 1.93 bits per heavy atom. The maximum absolute atomic E-state index is 12.8. The van der Waals surface area contributed by atoms with E-state index < -0.39 is 0 Å². The molecule has 1 amide bonds. The summed E-state index contributed by atoms with van der Waals surface area (Å²) in [5.41, 5.74) is 1.83. The highest BCUT2D eigenvalue weighted by Crippen LogP contribution is 2.22. The molecule has 0 aliphatic carbocycles. The molecule has 2 saturated heterocycles. The fourth-order valence-electron chi connectivity index (χ4n) is 3.80. The third-order valence-electron chi connectivity index (χ3n) is 5.41. The Morgan fingerprint density at radius 3 is 2.68 bits per heavy atom. The molecule has 0 radical (unpaired) electrons. The zero-order chi connectivity index (χ0) is 19.3. The van der Waals surface area contributed by atoms with Gasteiger partial charge in [-0.05, 0) is 30.7 Å². The number of likely N-dealkylation sites (tertiary alicyclic amines) is 1. The largest absolute Gasteiger partial charge is 0.490 e. The van der Waals surface area contributed by atoms with Crippen molar-refractivity contribution in [2.75, 3.05) is 39.4 Å². The average Bonchev–Trinajstić information content (AvgIpc) is 3.17. The molecule has 1 aromatic carbocycles. The molecular weight excluding hydrogens is 356 g/mol. The highest BCUT2D eigenvalue weighted by atomic mass is 16.5. The maximum atomic E-state index is 12.8. The molecule has 2 aliphatic heterocycles. The standard InChI is InChI=1S/C22H28N2O4/c1-17-3-2-4-20(13-17)28-19-5-7-24(8-6-19)22(25)18-14-21(27-16-18)15-23-9-11-26-12-10-23/h2-4,13-14,16,19H,5-12,15H2,1H3. The van der Waals surface area contributed by atoms with Crippen LogP contribution in [0.25, 0.3) is 0 Å². The van der Waals surface area contributed by atoms with Crippen LogP contribution in [-0.4, -0.2) is 61.2 Å². The van der Waals surface area contributed by atoms with Crippen molar-refractivity contribution in [3.8, 4) is 5.75 Å². The van der Waals surface area contributed by atoms with Gasteiger partial charge in [0, 0.05) is 39.0 Å². The number of amides is 1. The summed E-state index contributed by atoms with van der Waals surface area (Å²) in [6.07, 6.45) is 3.44. The van der Waals surface area contributed by atoms with Gasteiger partial charge >= 0.3 is 0 Å². The summed E-state index contributed by atoms with van der Waals surface area (Å²) in [4.78, 5) is 17.0. The minimum absolute atomic E-state index is 0.0472. The van der Waals surface area contributed by atoms with E-state index in [-0.39, 0.29) is 12.0 Å². The molecule has 3 heterocycles. The van der Waals surface area contributed by atoms with Crippen LogP contribution in [-0.2, 0) is 11.3 Å². The summed E-state index contributed by atoms with van der Waals surface area (Å²) in [6.45, 7) is 7.52. The zero-order valence-electron chi connectivity index (χ0n) is 16.4. The first-order valence-corrected chi connectivity index (χ1v) is 10.1. The summed E-state index contributed by atoms with van der Waals surface area (Å²) in [5.74, 6) is 1.79. The predicted octanol–water partition coefficient (Wildman–Crippen LogP) is 3.10. The topological polar surface area (TPSA) is 55.2 Å². The van der Waals surface area contributed by atoms with E-state index >= 15 is 0 Å². The van der Waals surface area contributed by atoms with Crippen LogP contribution >= 0.6 is 0 Å². The van der Waals surface area contributed by atoms with Crippen molar-refractivity contribution in [3.63, 3.8) is 0 Å². The molecule has 2 fully saturated rings. The van der Waals surface area contributed by atoms with E-state index in [0.717, 1.165) is 57.2 Å². The smallest absolute Gasteiger partial charge is 0.257 e. The summed E-state index contributed by atoms with van der Waals surface area (Å²) in [7, 11) is 0. The summed E-state index contributed by atoms with van der Waals surface area (Å²) < 4.78 is 17.1. The van der Waals surface area contributed by atoms with Crippen LogP contribution in [0.15, 0.2) is 41.0 Å². The average molecular weight is 384 g/mol. The SMILES string of the molecule is Cc1cccc(OC2CCN(C(=O)c3coc(CN4CCOCC4)c3)CC2)c1. The van der Waals surface area contributed by atoms with Crippen molar-refractivity contribution in [1.29, 1.82) is 0 Å². The van der Waals surface area contributed by atoms with Crippen molar-refractivity contribution < 1.29 is 18.7 Å². The van der Waals surface area contributed by atoms with E-state index in [9.17, 15) is 4.79 Å². The van der Waals surface area contributed by atoms with Gasteiger partial charge in [-0.3, -0.25) is 9.69 Å². The molecule has 2 aliphatic rings. The zero-order valence-corrected chi connectivity index (χ0v) is 16.4. The van der Waals surface area contributed by atoms with Gasteiger partial charge in [0.25, 0.3) is 5.91 Å². The van der Waals surface area contributed by atoms with Crippen molar-refractivity contribution in [1.82, 2.24) is 9.80 Å². The minimum Gasteiger partial charge on any atom is -0.490 e. The molecule has 0 saturated carbocycles. The number of benzene rings is 1. The van der Waals surface area contributed by atoms with Crippen molar-refractivity contribution in [2.24, 2.45) is 0 Å². The van der Waals surface area contributed by atoms with Crippen molar-refractivity contribution in [3.05, 3.63) is 53.5 Å². The first kappa shape index (κ1) is 19.0. The molecule has 1 aromatic heterocycles. The highest BCUT2D eigenvalue weighted by molar-refractivity contribution is 5.94. The normalized spacial score (nSPS) is 19.0. The lowest BCUT2D eigenvalue weighted by atomic mass is 10.1. The highest BCUT2D eigenvalue weighted by Gasteiger charge is 2.26. The first-order chi connectivity index (χ1) is 13.7. The Kier molecular flexibility index (Phi) is 5.98. The van der Waals surface area contributed by atoms with Gasteiger partial charge in [-0.15, -0.1) is 0 Å². The Labute approximate surface area is 166 Å². The quantitative estimate of drug-likeness (QED) is 0.793. The van der Waals surface area contributed by atoms with Crippen LogP contribution in [0.3, 0.4) is 0 Å². The summed E-state index contributed by atoms with van der Waals surface area (Å²) >= 11 is 0. The molecular formula is C22H28N2O4. The summed E-state index contributed by atoms with van der Waals surface area (Å²) in [6, 6.07) is 10.0. The number of rotatable bonds is 5. The Morgan fingerprint density at radius 1 is 1.14 bits per heavy atom. The van der Waals surface area contributed by atoms with E-state index in [0.29, 0.717) is 18.7 Å². The van der Waals surface area contributed by atoms with Gasteiger partial charge in [0.1, 0.15) is 23.9 Å². The third-order valence-corrected chi connectivity index (χ3v) is 5.41. The molecule has 6 nitrogen and oxygen atoms in total. The van der Waals surface area contributed by atoms with Gasteiger partial charge in [0.15, 0.2) is 0 Å². The number of furan rings is 1. The van der Waals surface area contributed by atoms with Gasteiger partial charge < -0.3 is 18.8 Å². The fraction of sp³-hybridized carbons (Fsp3) is 0.500. The Bertz CT molecular complexity index is 789. The number of carbonyl (C=O) groups is 1. The summed E-state index contributed by atoms with van der Waals surface area (Å²) in [5, 5.41) is 0. The van der Waals surface area contributed by atoms with E-state index in [1.807, 2.05) is 23.1 Å². The predicted molar refractivity (Wildman–Crippen MR) is 106 cm³/mol. The van der Waals surface area contributed by atoms with Crippen LogP contribution < -0.4 is 4.74 Å². The molecule has 0 spiro atoms. The lowest BCUT2D eigenvalue weighted by Gasteiger charge is -2.32. The number of morpholine rings is 1. The van der Waals surface area contributed by atoms with Crippen LogP contribution in [0.2, 0.25) is 0 Å². The molecule has 0 N–H and O–H groups in total. The lowest BCUT2D eigenvalue weighted by molar-refractivity contribution is 0.0313. The van der Waals surface area contributed by atoms with Crippen LogP contribution in [0.5, 0.6) is 5.75 Å². The van der Waals surface area contributed by atoms with Gasteiger partial charge in [-0.1, -0.05) is 12.1 Å². The van der Waals surface area contributed by atoms with Crippen LogP contribution in [0.4, 0.5) is 0 Å². The second-order valence-corrected chi connectivity index (χ2v) is 7.62. The van der Waals surface area contributed by atoms with Crippen LogP contribution in [0.1, 0.15) is 34.5 Å². The van der Waals surface area contributed by atoms with Gasteiger partial charge in [0.2, 0.25) is 0 Å². The second-order valence-electron chi connectivity index (χ2n) is 7.62. The number of nitrogens with zero attached hydrogens (tertiary/aromatic N) is 2. The molecule has 4 rings (SSSR count). The molecule has 2 aromatic rings. The van der Waals surface area contributed by atoms with Crippen LogP contribution in [0, 0.1) is 6.92 Å². The maximum Gasteiger partial charge on any atom is 0.257 e. The number of hydrogen-bond donors (Lipinski definition) is 0. The molecule has 0 atom stereocenters. The van der Waals surface area contributed by atoms with E-state index in [4.69, 9.17) is 13.9 Å². The van der Waals surface area contributed by atoms with Crippen molar-refractivity contribution in [2.45, 2.75) is 32.4 Å². The van der Waals surface area contributed by atoms with E-state index in [2.05, 4.69) is 24.0 Å². The number of ether oxygens (including phenoxy) is 2. The molecule has 6 heteroatoms. The molecule has 0 unspecified atom stereocenters. The Balaban J connectivity index is 1.28. The number of carbonyl (C=O) groups excluding carboxylic acids is 1. The lowest BCUT2D eigenvalue weighted by Crippen LogP contribution is -2.41. The van der Waals surface area contributed by atoms with E-state index in [1.165, 1.54) is 5.56 Å². The van der Waals surface area contributed by atoms with Gasteiger partial charge in [-0.2, -0.15) is 0 Å². The minimum atomic E-state index is 0.0472. The second kappa shape index (κ2) is 8.80. The number of aryl methyl sites for hydroxylation is 1. The molecule has 28 heavy (non-hydrogen) atoms. The van der Waals surface area contributed by atoms with E-state index in [1.54, 1.807) is 6.26 Å².